The molecule has 0 aliphatic rings. The lowest BCUT2D eigenvalue weighted by Gasteiger charge is -2.07. The summed E-state index contributed by atoms with van der Waals surface area (Å²) in [5.41, 5.74) is 10.6. The van der Waals surface area contributed by atoms with Gasteiger partial charge in [0, 0.05) is 11.9 Å². The Morgan fingerprint density at radius 3 is 2.47 bits per heavy atom. The molecule has 1 aromatic heterocycles. The number of nitrogen functional groups attached to an aromatic ring is 1. The summed E-state index contributed by atoms with van der Waals surface area (Å²) in [5, 5.41) is 5.55. The third-order valence-corrected chi connectivity index (χ3v) is 4.50. The molecule has 0 bridgehead atoms. The second kappa shape index (κ2) is 5.29. The number of hydrogen-bond acceptors (Lipinski definition) is 3. The summed E-state index contributed by atoms with van der Waals surface area (Å²) < 4.78 is 1.88. The zero-order chi connectivity index (χ0) is 14.2. The molecule has 19 heavy (non-hydrogen) atoms. The predicted octanol–water partition coefficient (Wildman–Crippen LogP) is 3.89. The summed E-state index contributed by atoms with van der Waals surface area (Å²) in [4.78, 5) is 1.23. The van der Waals surface area contributed by atoms with Crippen LogP contribution in [0.4, 0.5) is 5.69 Å². The number of rotatable bonds is 3. The predicted molar refractivity (Wildman–Crippen MR) is 81.7 cm³/mol. The molecule has 3 nitrogen and oxygen atoms in total. The Morgan fingerprint density at radius 1 is 1.26 bits per heavy atom. The van der Waals surface area contributed by atoms with Gasteiger partial charge in [0.15, 0.2) is 0 Å². The van der Waals surface area contributed by atoms with Crippen LogP contribution in [0.5, 0.6) is 0 Å². The van der Waals surface area contributed by atoms with Crippen LogP contribution in [0, 0.1) is 13.8 Å². The summed E-state index contributed by atoms with van der Waals surface area (Å²) >= 11 is 1.69. The van der Waals surface area contributed by atoms with Crippen LogP contribution in [0.15, 0.2) is 28.1 Å². The van der Waals surface area contributed by atoms with E-state index >= 15 is 0 Å². The van der Waals surface area contributed by atoms with Crippen molar-refractivity contribution in [1.29, 1.82) is 0 Å². The Bertz CT molecular complexity index is 600. The second-order valence-electron chi connectivity index (χ2n) is 5.25. The van der Waals surface area contributed by atoms with Crippen molar-refractivity contribution in [2.24, 2.45) is 7.05 Å². The molecular weight excluding hydrogens is 254 g/mol. The van der Waals surface area contributed by atoms with Crippen LogP contribution in [-0.2, 0) is 7.05 Å². The minimum absolute atomic E-state index is 0.347. The van der Waals surface area contributed by atoms with E-state index in [1.54, 1.807) is 11.8 Å². The zero-order valence-electron chi connectivity index (χ0n) is 12.2. The van der Waals surface area contributed by atoms with Gasteiger partial charge >= 0.3 is 0 Å². The summed E-state index contributed by atoms with van der Waals surface area (Å²) in [5.74, 6) is 0.347. The molecule has 0 atom stereocenters. The normalized spacial score (nSPS) is 11.3. The molecular formula is C15H21N3S. The number of hydrogen-bond donors (Lipinski definition) is 1. The zero-order valence-corrected chi connectivity index (χ0v) is 13.0. The molecule has 0 fully saturated rings. The molecule has 0 aliphatic carbocycles. The monoisotopic (exact) mass is 275 g/mol. The van der Waals surface area contributed by atoms with Gasteiger partial charge in [-0.3, -0.25) is 4.68 Å². The molecule has 1 aromatic carbocycles. The lowest BCUT2D eigenvalue weighted by molar-refractivity contribution is 0.671. The van der Waals surface area contributed by atoms with Gasteiger partial charge in [0.2, 0.25) is 0 Å². The average molecular weight is 275 g/mol. The van der Waals surface area contributed by atoms with Crippen LogP contribution in [0.2, 0.25) is 0 Å². The molecule has 0 unspecified atom stereocenters. The number of anilines is 1. The Hall–Kier alpha value is -1.42. The van der Waals surface area contributed by atoms with Crippen molar-refractivity contribution in [2.75, 3.05) is 5.73 Å². The third-order valence-electron chi connectivity index (χ3n) is 3.14. The maximum absolute atomic E-state index is 6.23. The highest BCUT2D eigenvalue weighted by molar-refractivity contribution is 7.99. The molecule has 1 heterocycles. The summed E-state index contributed by atoms with van der Waals surface area (Å²) in [7, 11) is 1.95. The second-order valence-corrected chi connectivity index (χ2v) is 6.28. The van der Waals surface area contributed by atoms with Gasteiger partial charge in [-0.1, -0.05) is 43.3 Å². The van der Waals surface area contributed by atoms with E-state index in [9.17, 15) is 0 Å². The van der Waals surface area contributed by atoms with Crippen molar-refractivity contribution in [3.05, 3.63) is 35.0 Å². The van der Waals surface area contributed by atoms with Gasteiger partial charge in [-0.15, -0.1) is 0 Å². The van der Waals surface area contributed by atoms with Crippen LogP contribution in [-0.4, -0.2) is 9.78 Å². The van der Waals surface area contributed by atoms with Crippen LogP contribution in [0.25, 0.3) is 0 Å². The molecule has 4 heteroatoms. The van der Waals surface area contributed by atoms with Gasteiger partial charge in [-0.05, 0) is 31.4 Å². The first-order valence-corrected chi connectivity index (χ1v) is 7.29. The molecule has 0 aliphatic heterocycles. The topological polar surface area (TPSA) is 43.8 Å². The van der Waals surface area contributed by atoms with Crippen molar-refractivity contribution in [2.45, 2.75) is 43.5 Å². The van der Waals surface area contributed by atoms with E-state index < -0.39 is 0 Å². The van der Waals surface area contributed by atoms with Crippen molar-refractivity contribution < 1.29 is 0 Å². The SMILES string of the molecule is Cc1ccc(Sc2c(N)c(C(C)C)nn2C)c(C)c1. The molecule has 2 N–H and O–H groups in total. The van der Waals surface area contributed by atoms with Gasteiger partial charge < -0.3 is 5.73 Å². The molecule has 0 spiro atoms. The van der Waals surface area contributed by atoms with Gasteiger partial charge in [0.1, 0.15) is 5.03 Å². The standard InChI is InChI=1S/C15H21N3S/c1-9(2)14-13(16)15(18(5)17-14)19-12-7-6-10(3)8-11(12)4/h6-9H,16H2,1-5H3. The fourth-order valence-corrected chi connectivity index (χ4v) is 3.06. The van der Waals surface area contributed by atoms with E-state index in [1.807, 2.05) is 11.7 Å². The minimum atomic E-state index is 0.347. The summed E-state index contributed by atoms with van der Waals surface area (Å²) in [6.45, 7) is 8.47. The number of nitrogens with two attached hydrogens (primary N) is 1. The van der Waals surface area contributed by atoms with E-state index in [4.69, 9.17) is 5.73 Å². The first-order valence-electron chi connectivity index (χ1n) is 6.47. The average Bonchev–Trinajstić information content (AvgIpc) is 2.60. The van der Waals surface area contributed by atoms with Gasteiger partial charge in [0.05, 0.1) is 11.4 Å². The van der Waals surface area contributed by atoms with E-state index in [0.717, 1.165) is 16.4 Å². The molecule has 0 saturated carbocycles. The van der Waals surface area contributed by atoms with Crippen molar-refractivity contribution in [3.63, 3.8) is 0 Å². The van der Waals surface area contributed by atoms with E-state index in [-0.39, 0.29) is 0 Å². The number of benzene rings is 1. The van der Waals surface area contributed by atoms with Crippen LogP contribution < -0.4 is 5.73 Å². The Kier molecular flexibility index (Phi) is 3.90. The highest BCUT2D eigenvalue weighted by atomic mass is 32.2. The minimum Gasteiger partial charge on any atom is -0.395 e. The van der Waals surface area contributed by atoms with Crippen molar-refractivity contribution in [3.8, 4) is 0 Å². The lowest BCUT2D eigenvalue weighted by atomic mass is 10.1. The number of nitrogens with zero attached hydrogens (tertiary/aromatic N) is 2. The number of aromatic nitrogens is 2. The molecule has 0 amide bonds. The maximum atomic E-state index is 6.23. The molecule has 2 rings (SSSR count). The first kappa shape index (κ1) is 14.0. The Morgan fingerprint density at radius 2 is 1.95 bits per heavy atom. The highest BCUT2D eigenvalue weighted by Crippen LogP contribution is 2.37. The maximum Gasteiger partial charge on any atom is 0.122 e. The van der Waals surface area contributed by atoms with Crippen LogP contribution in [0.3, 0.4) is 0 Å². The fraction of sp³-hybridized carbons (Fsp3) is 0.400. The first-order chi connectivity index (χ1) is 8.90. The van der Waals surface area contributed by atoms with E-state index in [0.29, 0.717) is 5.92 Å². The van der Waals surface area contributed by atoms with Crippen molar-refractivity contribution >= 4 is 17.4 Å². The third kappa shape index (κ3) is 2.78. The Balaban J connectivity index is 2.38. The van der Waals surface area contributed by atoms with Crippen molar-refractivity contribution in [1.82, 2.24) is 9.78 Å². The van der Waals surface area contributed by atoms with Crippen LogP contribution in [0.1, 0.15) is 36.6 Å². The van der Waals surface area contributed by atoms with Gasteiger partial charge in [-0.2, -0.15) is 5.10 Å². The summed E-state index contributed by atoms with van der Waals surface area (Å²) in [6, 6.07) is 6.47. The number of aryl methyl sites for hydroxylation is 3. The fourth-order valence-electron chi connectivity index (χ4n) is 2.11. The molecule has 0 saturated heterocycles. The molecule has 0 radical (unpaired) electrons. The quantitative estimate of drug-likeness (QED) is 0.924. The lowest BCUT2D eigenvalue weighted by Crippen LogP contribution is -1.94. The van der Waals surface area contributed by atoms with Crippen LogP contribution >= 0.6 is 11.8 Å². The summed E-state index contributed by atoms with van der Waals surface area (Å²) in [6.07, 6.45) is 0. The molecule has 102 valence electrons. The Labute approximate surface area is 119 Å². The highest BCUT2D eigenvalue weighted by Gasteiger charge is 2.17. The van der Waals surface area contributed by atoms with Gasteiger partial charge in [-0.25, -0.2) is 0 Å². The smallest absolute Gasteiger partial charge is 0.122 e. The van der Waals surface area contributed by atoms with Gasteiger partial charge in [0.25, 0.3) is 0 Å². The molecule has 2 aromatic rings. The largest absolute Gasteiger partial charge is 0.395 e. The van der Waals surface area contributed by atoms with E-state index in [1.165, 1.54) is 16.0 Å². The van der Waals surface area contributed by atoms with E-state index in [2.05, 4.69) is 51.0 Å².